The summed E-state index contributed by atoms with van der Waals surface area (Å²) in [5, 5.41) is 8.79. The van der Waals surface area contributed by atoms with Crippen molar-refractivity contribution in [1.82, 2.24) is 0 Å². The molecule has 0 unspecified atom stereocenters. The van der Waals surface area contributed by atoms with E-state index in [1.165, 1.54) is 0 Å². The molecule has 0 aliphatic rings. The zero-order valence-corrected chi connectivity index (χ0v) is 14.3. The Labute approximate surface area is 152 Å². The Balaban J connectivity index is 0.000000191. The van der Waals surface area contributed by atoms with Crippen molar-refractivity contribution in [3.8, 4) is 5.75 Å². The van der Waals surface area contributed by atoms with E-state index in [1.54, 1.807) is 48.5 Å². The van der Waals surface area contributed by atoms with Crippen LogP contribution in [-0.4, -0.2) is 17.7 Å². The highest BCUT2D eigenvalue weighted by atomic mass is 32.1. The Morgan fingerprint density at radius 2 is 1.16 bits per heavy atom. The van der Waals surface area contributed by atoms with Crippen molar-refractivity contribution in [2.24, 2.45) is 0 Å². The molecule has 0 heterocycles. The lowest BCUT2D eigenvalue weighted by molar-refractivity contribution is 0.111. The van der Waals surface area contributed by atoms with Gasteiger partial charge in [-0.2, -0.15) is 0 Å². The fourth-order valence-corrected chi connectivity index (χ4v) is 1.74. The number of aromatic hydroxyl groups is 1. The van der Waals surface area contributed by atoms with Crippen molar-refractivity contribution in [1.29, 1.82) is 0 Å². The Kier molecular flexibility index (Phi) is 9.18. The second-order valence-corrected chi connectivity index (χ2v) is 5.31. The smallest absolute Gasteiger partial charge is 0.150 e. The molecule has 0 radical (unpaired) electrons. The van der Waals surface area contributed by atoms with Gasteiger partial charge in [-0.25, -0.2) is 0 Å². The van der Waals surface area contributed by atoms with Gasteiger partial charge >= 0.3 is 0 Å². The number of anilines is 1. The Morgan fingerprint density at radius 3 is 1.44 bits per heavy atom. The number of nitrogen functional groups attached to an aromatic ring is 1. The molecule has 0 aromatic heterocycles. The number of carbonyl (C=O) groups is 2. The highest BCUT2D eigenvalue weighted by Gasteiger charge is 1.89. The molecule has 4 nitrogen and oxygen atoms in total. The number of nitrogens with two attached hydrogens (primary N) is 1. The quantitative estimate of drug-likeness (QED) is 0.278. The van der Waals surface area contributed by atoms with E-state index < -0.39 is 0 Å². The van der Waals surface area contributed by atoms with Gasteiger partial charge < -0.3 is 10.8 Å². The summed E-state index contributed by atoms with van der Waals surface area (Å²) in [5.74, 6) is 0.146. The molecule has 0 aliphatic carbocycles. The summed E-state index contributed by atoms with van der Waals surface area (Å²) in [6, 6.07) is 22.9. The fraction of sp³-hybridized carbons (Fsp3) is 0. The first kappa shape index (κ1) is 20.0. The second kappa shape index (κ2) is 11.5. The van der Waals surface area contributed by atoms with Crippen molar-refractivity contribution in [3.05, 3.63) is 90.0 Å². The van der Waals surface area contributed by atoms with Crippen LogP contribution in [0.5, 0.6) is 5.75 Å². The molecule has 3 rings (SSSR count). The SMILES string of the molecule is Nc1ccccc1O.O=Cc1ccc(C=O)cc1.Sc1ccccc1. The van der Waals surface area contributed by atoms with Crippen LogP contribution in [0.1, 0.15) is 20.7 Å². The van der Waals surface area contributed by atoms with Crippen LogP contribution in [0.25, 0.3) is 0 Å². The zero-order chi connectivity index (χ0) is 18.5. The Morgan fingerprint density at radius 1 is 0.720 bits per heavy atom. The van der Waals surface area contributed by atoms with E-state index in [2.05, 4.69) is 12.6 Å². The van der Waals surface area contributed by atoms with E-state index in [0.717, 1.165) is 17.5 Å². The third-order valence-corrected chi connectivity index (χ3v) is 3.20. The van der Waals surface area contributed by atoms with Gasteiger partial charge in [0.2, 0.25) is 0 Å². The number of thiol groups is 1. The van der Waals surface area contributed by atoms with Crippen molar-refractivity contribution in [2.75, 3.05) is 5.73 Å². The van der Waals surface area contributed by atoms with E-state index in [4.69, 9.17) is 10.8 Å². The van der Waals surface area contributed by atoms with Gasteiger partial charge in [0.15, 0.2) is 0 Å². The molecule has 3 N–H and O–H groups in total. The maximum Gasteiger partial charge on any atom is 0.150 e. The molecule has 0 aliphatic heterocycles. The van der Waals surface area contributed by atoms with E-state index in [0.29, 0.717) is 16.8 Å². The van der Waals surface area contributed by atoms with Crippen molar-refractivity contribution in [3.63, 3.8) is 0 Å². The molecule has 0 fully saturated rings. The number of carbonyl (C=O) groups excluding carboxylic acids is 2. The standard InChI is InChI=1S/C8H6O2.C6H7NO.C6H6S/c9-5-7-1-2-8(6-10)4-3-7;7-5-3-1-2-4-6(5)8;7-6-4-2-1-3-5-6/h1-6H;1-4,8H,7H2;1-5,7H. The summed E-state index contributed by atoms with van der Waals surface area (Å²) in [6.07, 6.45) is 1.49. The minimum atomic E-state index is 0.146. The van der Waals surface area contributed by atoms with Gasteiger partial charge in [0, 0.05) is 16.0 Å². The number of phenols is 1. The average Bonchev–Trinajstić information content (AvgIpc) is 2.66. The van der Waals surface area contributed by atoms with Crippen LogP contribution >= 0.6 is 12.6 Å². The number of para-hydroxylation sites is 2. The van der Waals surface area contributed by atoms with Crippen LogP contribution in [0.2, 0.25) is 0 Å². The van der Waals surface area contributed by atoms with Crippen molar-refractivity contribution >= 4 is 30.9 Å². The third kappa shape index (κ3) is 8.39. The topological polar surface area (TPSA) is 80.4 Å². The monoisotopic (exact) mass is 353 g/mol. The lowest BCUT2D eigenvalue weighted by atomic mass is 10.2. The van der Waals surface area contributed by atoms with Gasteiger partial charge in [-0.1, -0.05) is 54.6 Å². The number of hydrogen-bond donors (Lipinski definition) is 3. The highest BCUT2D eigenvalue weighted by molar-refractivity contribution is 7.80. The third-order valence-electron chi connectivity index (χ3n) is 2.90. The summed E-state index contributed by atoms with van der Waals surface area (Å²) in [6.45, 7) is 0. The average molecular weight is 353 g/mol. The van der Waals surface area contributed by atoms with E-state index in [9.17, 15) is 9.59 Å². The van der Waals surface area contributed by atoms with Crippen LogP contribution in [0, 0.1) is 0 Å². The lowest BCUT2D eigenvalue weighted by Gasteiger charge is -1.92. The molecule has 0 saturated heterocycles. The van der Waals surface area contributed by atoms with Crippen LogP contribution in [0.4, 0.5) is 5.69 Å². The molecule has 0 saturated carbocycles. The number of phenolic OH excluding ortho intramolecular Hbond substituents is 1. The molecule has 0 amide bonds. The van der Waals surface area contributed by atoms with Crippen LogP contribution in [0.15, 0.2) is 83.8 Å². The highest BCUT2D eigenvalue weighted by Crippen LogP contribution is 2.16. The van der Waals surface area contributed by atoms with Gasteiger partial charge in [0.25, 0.3) is 0 Å². The second-order valence-electron chi connectivity index (χ2n) is 4.80. The number of hydrogen-bond acceptors (Lipinski definition) is 5. The largest absolute Gasteiger partial charge is 0.506 e. The summed E-state index contributed by atoms with van der Waals surface area (Å²) in [7, 11) is 0. The van der Waals surface area contributed by atoms with Crippen LogP contribution in [0.3, 0.4) is 0 Å². The van der Waals surface area contributed by atoms with Crippen LogP contribution in [-0.2, 0) is 0 Å². The molecule has 0 atom stereocenters. The number of aldehydes is 2. The molecule has 0 bridgehead atoms. The molecular weight excluding hydrogens is 334 g/mol. The number of rotatable bonds is 2. The van der Waals surface area contributed by atoms with Gasteiger partial charge in [-0.05, 0) is 24.3 Å². The molecule has 3 aromatic carbocycles. The van der Waals surface area contributed by atoms with E-state index in [-0.39, 0.29) is 5.75 Å². The maximum absolute atomic E-state index is 10.1. The van der Waals surface area contributed by atoms with Crippen molar-refractivity contribution in [2.45, 2.75) is 4.90 Å². The normalized spacial score (nSPS) is 8.84. The first-order chi connectivity index (χ1) is 12.1. The molecule has 3 aromatic rings. The summed E-state index contributed by atoms with van der Waals surface area (Å²) < 4.78 is 0. The number of benzene rings is 3. The predicted octanol–water partition coefficient (Wildman–Crippen LogP) is 4.26. The zero-order valence-electron chi connectivity index (χ0n) is 13.4. The van der Waals surface area contributed by atoms with Gasteiger partial charge in [0.1, 0.15) is 18.3 Å². The lowest BCUT2D eigenvalue weighted by Crippen LogP contribution is -1.82. The fourth-order valence-electron chi connectivity index (χ4n) is 1.57. The Hall–Kier alpha value is -3.05. The Bertz CT molecular complexity index is 726. The van der Waals surface area contributed by atoms with Gasteiger partial charge in [0.05, 0.1) is 5.69 Å². The summed E-state index contributed by atoms with van der Waals surface area (Å²) in [5.41, 5.74) is 6.87. The maximum atomic E-state index is 10.1. The van der Waals surface area contributed by atoms with E-state index >= 15 is 0 Å². The predicted molar refractivity (Wildman–Crippen MR) is 103 cm³/mol. The molecule has 5 heteroatoms. The summed E-state index contributed by atoms with van der Waals surface area (Å²) in [4.78, 5) is 21.3. The minimum Gasteiger partial charge on any atom is -0.506 e. The van der Waals surface area contributed by atoms with Crippen LogP contribution < -0.4 is 5.73 Å². The van der Waals surface area contributed by atoms with Gasteiger partial charge in [-0.3, -0.25) is 9.59 Å². The van der Waals surface area contributed by atoms with Gasteiger partial charge in [-0.15, -0.1) is 12.6 Å². The molecule has 25 heavy (non-hydrogen) atoms. The molecule has 128 valence electrons. The minimum absolute atomic E-state index is 0.146. The van der Waals surface area contributed by atoms with E-state index in [1.807, 2.05) is 30.3 Å². The summed E-state index contributed by atoms with van der Waals surface area (Å²) >= 11 is 4.08. The first-order valence-corrected chi connectivity index (χ1v) is 7.79. The van der Waals surface area contributed by atoms with Crippen molar-refractivity contribution < 1.29 is 14.7 Å². The first-order valence-electron chi connectivity index (χ1n) is 7.34. The molecule has 0 spiro atoms. The molecular formula is C20H19NO3S.